The lowest BCUT2D eigenvalue weighted by Gasteiger charge is -2.47. The fourth-order valence-corrected chi connectivity index (χ4v) is 4.84. The molecule has 0 fully saturated rings. The average molecular weight is 485 g/mol. The van der Waals surface area contributed by atoms with Crippen LogP contribution in [0.25, 0.3) is 0 Å². The molecule has 0 spiro atoms. The van der Waals surface area contributed by atoms with Crippen molar-refractivity contribution in [2.45, 2.75) is 136 Å². The molecule has 3 N–H and O–H groups in total. The van der Waals surface area contributed by atoms with Crippen molar-refractivity contribution >= 4 is 17.9 Å². The van der Waals surface area contributed by atoms with E-state index in [4.69, 9.17) is 0 Å². The maximum Gasteiger partial charge on any atom is 0.362 e. The van der Waals surface area contributed by atoms with Crippen LogP contribution in [0.5, 0.6) is 0 Å². The van der Waals surface area contributed by atoms with Crippen LogP contribution in [0.15, 0.2) is 12.2 Å². The van der Waals surface area contributed by atoms with Crippen molar-refractivity contribution < 1.29 is 34.2 Å². The van der Waals surface area contributed by atoms with Crippen molar-refractivity contribution in [2.75, 3.05) is 6.54 Å². The van der Waals surface area contributed by atoms with Gasteiger partial charge in [0.1, 0.15) is 0 Å². The number of allylic oxidation sites excluding steroid dienone is 2. The zero-order chi connectivity index (χ0) is 26.0. The molecule has 0 heterocycles. The molecule has 198 valence electrons. The number of hydrogen-bond donors (Lipinski definition) is 3. The summed E-state index contributed by atoms with van der Waals surface area (Å²) in [4.78, 5) is 35.3. The number of aliphatic carboxylic acids is 3. The molecule has 3 atom stereocenters. The maximum atomic E-state index is 11.8. The van der Waals surface area contributed by atoms with E-state index < -0.39 is 40.5 Å². The Balaban J connectivity index is 4.38. The van der Waals surface area contributed by atoms with Gasteiger partial charge in [-0.3, -0.25) is 4.48 Å². The number of carboxylic acids is 3. The monoisotopic (exact) mass is 484 g/mol. The number of unbranched alkanes of at least 4 members (excludes halogenated alkanes) is 12. The Labute approximate surface area is 206 Å². The van der Waals surface area contributed by atoms with Gasteiger partial charge < -0.3 is 15.3 Å². The van der Waals surface area contributed by atoms with E-state index in [0.717, 1.165) is 38.5 Å². The van der Waals surface area contributed by atoms with Gasteiger partial charge in [-0.05, 0) is 59.3 Å². The first kappa shape index (κ1) is 32.1. The molecule has 0 aromatic carbocycles. The minimum atomic E-state index is -1.18. The first-order valence-electron chi connectivity index (χ1n) is 13.3. The topological polar surface area (TPSA) is 112 Å². The van der Waals surface area contributed by atoms with E-state index in [2.05, 4.69) is 19.1 Å². The summed E-state index contributed by atoms with van der Waals surface area (Å²) in [6.07, 6.45) is 20.6. The van der Waals surface area contributed by atoms with Gasteiger partial charge in [0.05, 0.1) is 6.54 Å². The van der Waals surface area contributed by atoms with Crippen LogP contribution < -0.4 is 0 Å². The van der Waals surface area contributed by atoms with E-state index in [1.165, 1.54) is 65.7 Å². The molecule has 0 bridgehead atoms. The van der Waals surface area contributed by atoms with Gasteiger partial charge in [-0.1, -0.05) is 70.4 Å². The van der Waals surface area contributed by atoms with Gasteiger partial charge in [-0.25, -0.2) is 14.4 Å². The molecule has 0 aliphatic carbocycles. The fraction of sp³-hybridized carbons (Fsp3) is 0.815. The number of carboxylic acid groups (broad SMARTS) is 3. The summed E-state index contributed by atoms with van der Waals surface area (Å²) in [6, 6.07) is -3.37. The highest BCUT2D eigenvalue weighted by atomic mass is 16.4. The molecule has 0 saturated heterocycles. The standard InChI is InChI=1S/C27H49NO6/c1-5-6-7-8-9-10-11-12-13-14-15-16-17-18-19-20-21-28(22(2)25(29)30,23(3)26(31)32)24(4)27(33)34/h12-13,22-24H,5-11,14-21H2,1-4H3,(H2-,29,30,31,32,33,34)/p+1/b13-12+. The Morgan fingerprint density at radius 3 is 1.26 bits per heavy atom. The van der Waals surface area contributed by atoms with E-state index in [0.29, 0.717) is 6.42 Å². The van der Waals surface area contributed by atoms with Gasteiger partial charge in [-0.2, -0.15) is 0 Å². The highest BCUT2D eigenvalue weighted by Gasteiger charge is 2.52. The summed E-state index contributed by atoms with van der Waals surface area (Å²) in [7, 11) is 0. The summed E-state index contributed by atoms with van der Waals surface area (Å²) in [5, 5.41) is 28.8. The number of nitrogens with zero attached hydrogens (tertiary/aromatic N) is 1. The molecule has 0 radical (unpaired) electrons. The SMILES string of the molecule is CCCCCCCC/C=C/CCCCCCCC[N+](C(C)C(=O)O)(C(C)C(=O)O)C(C)C(=O)O. The molecule has 7 heteroatoms. The fourth-order valence-electron chi connectivity index (χ4n) is 4.84. The molecule has 0 amide bonds. The van der Waals surface area contributed by atoms with Crippen LogP contribution in [-0.4, -0.2) is 62.4 Å². The smallest absolute Gasteiger partial charge is 0.362 e. The first-order chi connectivity index (χ1) is 16.1. The number of carbonyl (C=O) groups is 3. The van der Waals surface area contributed by atoms with Crippen LogP contribution in [0, 0.1) is 0 Å². The van der Waals surface area contributed by atoms with Gasteiger partial charge in [-0.15, -0.1) is 0 Å². The molecule has 0 aliphatic rings. The summed E-state index contributed by atoms with van der Waals surface area (Å²) in [6.45, 7) is 6.71. The Hall–Kier alpha value is -1.89. The lowest BCUT2D eigenvalue weighted by molar-refractivity contribution is -0.968. The third-order valence-electron chi connectivity index (χ3n) is 7.29. The van der Waals surface area contributed by atoms with E-state index in [1.54, 1.807) is 0 Å². The summed E-state index contributed by atoms with van der Waals surface area (Å²) >= 11 is 0. The Morgan fingerprint density at radius 1 is 0.588 bits per heavy atom. The molecule has 0 rings (SSSR count). The molecule has 0 saturated carbocycles. The second-order valence-electron chi connectivity index (χ2n) is 9.70. The molecule has 34 heavy (non-hydrogen) atoms. The number of quaternary nitrogens is 1. The van der Waals surface area contributed by atoms with Crippen molar-refractivity contribution in [2.24, 2.45) is 0 Å². The molecular weight excluding hydrogens is 434 g/mol. The van der Waals surface area contributed by atoms with Crippen LogP contribution >= 0.6 is 0 Å². The lowest BCUT2D eigenvalue weighted by Crippen LogP contribution is -2.70. The van der Waals surface area contributed by atoms with Gasteiger partial charge in [0.15, 0.2) is 18.1 Å². The largest absolute Gasteiger partial charge is 0.477 e. The Morgan fingerprint density at radius 2 is 0.912 bits per heavy atom. The van der Waals surface area contributed by atoms with E-state index in [-0.39, 0.29) is 6.54 Å². The van der Waals surface area contributed by atoms with Crippen LogP contribution in [-0.2, 0) is 14.4 Å². The number of rotatable bonds is 22. The summed E-state index contributed by atoms with van der Waals surface area (Å²) < 4.78 is -0.483. The van der Waals surface area contributed by atoms with E-state index in [1.807, 2.05) is 0 Å². The van der Waals surface area contributed by atoms with Crippen molar-refractivity contribution in [1.29, 1.82) is 0 Å². The zero-order valence-electron chi connectivity index (χ0n) is 22.0. The van der Waals surface area contributed by atoms with Gasteiger partial charge in [0.2, 0.25) is 0 Å². The third-order valence-corrected chi connectivity index (χ3v) is 7.29. The predicted octanol–water partition coefficient (Wildman–Crippen LogP) is 6.26. The predicted molar refractivity (Wildman–Crippen MR) is 136 cm³/mol. The van der Waals surface area contributed by atoms with Crippen molar-refractivity contribution in [3.63, 3.8) is 0 Å². The average Bonchev–Trinajstić information content (AvgIpc) is 2.80. The van der Waals surface area contributed by atoms with Crippen molar-refractivity contribution in [3.8, 4) is 0 Å². The van der Waals surface area contributed by atoms with E-state index >= 15 is 0 Å². The first-order valence-corrected chi connectivity index (χ1v) is 13.3. The van der Waals surface area contributed by atoms with Crippen molar-refractivity contribution in [1.82, 2.24) is 0 Å². The molecule has 0 aromatic heterocycles. The second kappa shape index (κ2) is 18.4. The number of hydrogen-bond acceptors (Lipinski definition) is 3. The highest BCUT2D eigenvalue weighted by Crippen LogP contribution is 2.27. The third kappa shape index (κ3) is 11.5. The van der Waals surface area contributed by atoms with Crippen molar-refractivity contribution in [3.05, 3.63) is 12.2 Å². The van der Waals surface area contributed by atoms with Gasteiger partial charge >= 0.3 is 17.9 Å². The highest BCUT2D eigenvalue weighted by molar-refractivity contribution is 5.77. The van der Waals surface area contributed by atoms with Crippen LogP contribution in [0.1, 0.15) is 118 Å². The van der Waals surface area contributed by atoms with Crippen LogP contribution in [0.3, 0.4) is 0 Å². The minimum absolute atomic E-state index is 0.218. The van der Waals surface area contributed by atoms with Gasteiger partial charge in [0.25, 0.3) is 0 Å². The second-order valence-corrected chi connectivity index (χ2v) is 9.70. The lowest BCUT2D eigenvalue weighted by atomic mass is 10.00. The van der Waals surface area contributed by atoms with Gasteiger partial charge in [0, 0.05) is 0 Å². The zero-order valence-corrected chi connectivity index (χ0v) is 22.0. The summed E-state index contributed by atoms with van der Waals surface area (Å²) in [5.41, 5.74) is 0. The molecule has 0 aromatic rings. The molecule has 3 unspecified atom stereocenters. The maximum absolute atomic E-state index is 11.8. The molecular formula is C27H50NO6+. The van der Waals surface area contributed by atoms with Crippen LogP contribution in [0.4, 0.5) is 0 Å². The normalized spacial score (nSPS) is 16.1. The van der Waals surface area contributed by atoms with E-state index in [9.17, 15) is 29.7 Å². The minimum Gasteiger partial charge on any atom is -0.477 e. The summed E-state index contributed by atoms with van der Waals surface area (Å²) in [5.74, 6) is -3.53. The molecule has 7 nitrogen and oxygen atoms in total. The Kier molecular flexibility index (Phi) is 17.4. The molecule has 0 aliphatic heterocycles. The van der Waals surface area contributed by atoms with Crippen LogP contribution in [0.2, 0.25) is 0 Å². The Bertz CT molecular complexity index is 568. The quantitative estimate of drug-likeness (QED) is 0.0950.